The fourth-order valence-electron chi connectivity index (χ4n) is 3.35. The molecule has 7 heteroatoms. The van der Waals surface area contributed by atoms with Crippen molar-refractivity contribution in [1.82, 2.24) is 15.1 Å². The maximum atomic E-state index is 12.5. The van der Waals surface area contributed by atoms with E-state index in [-0.39, 0.29) is 30.3 Å². The smallest absolute Gasteiger partial charge is 0.251 e. The minimum Gasteiger partial charge on any atom is -0.383 e. The largest absolute Gasteiger partial charge is 0.383 e. The van der Waals surface area contributed by atoms with Gasteiger partial charge in [-0.1, -0.05) is 12.1 Å². The fourth-order valence-corrected chi connectivity index (χ4v) is 3.35. The average molecular weight is 345 g/mol. The first-order valence-corrected chi connectivity index (χ1v) is 8.54. The van der Waals surface area contributed by atoms with Crippen molar-refractivity contribution in [2.45, 2.75) is 25.4 Å². The molecular formula is C18H23N3O4. The van der Waals surface area contributed by atoms with Gasteiger partial charge in [0.15, 0.2) is 0 Å². The Hall–Kier alpha value is -2.41. The van der Waals surface area contributed by atoms with E-state index in [2.05, 4.69) is 5.32 Å². The molecule has 1 atom stereocenters. The van der Waals surface area contributed by atoms with Gasteiger partial charge in [-0.15, -0.1) is 0 Å². The van der Waals surface area contributed by atoms with E-state index in [0.717, 1.165) is 18.4 Å². The molecule has 0 saturated carbocycles. The van der Waals surface area contributed by atoms with Crippen molar-refractivity contribution in [3.8, 4) is 0 Å². The van der Waals surface area contributed by atoms with Crippen molar-refractivity contribution in [2.75, 3.05) is 33.4 Å². The highest BCUT2D eigenvalue weighted by Crippen LogP contribution is 2.24. The van der Waals surface area contributed by atoms with E-state index in [4.69, 9.17) is 4.74 Å². The first-order valence-electron chi connectivity index (χ1n) is 8.54. The number of benzene rings is 1. The van der Waals surface area contributed by atoms with E-state index in [1.54, 1.807) is 29.0 Å². The molecule has 1 unspecified atom stereocenters. The van der Waals surface area contributed by atoms with Crippen LogP contribution in [0.2, 0.25) is 0 Å². The van der Waals surface area contributed by atoms with Crippen molar-refractivity contribution in [2.24, 2.45) is 0 Å². The van der Waals surface area contributed by atoms with E-state index < -0.39 is 0 Å². The molecule has 25 heavy (non-hydrogen) atoms. The van der Waals surface area contributed by atoms with Gasteiger partial charge in [0.25, 0.3) is 5.91 Å². The Morgan fingerprint density at radius 1 is 1.28 bits per heavy atom. The molecule has 7 nitrogen and oxygen atoms in total. The lowest BCUT2D eigenvalue weighted by Gasteiger charge is -2.36. The number of rotatable bonds is 6. The van der Waals surface area contributed by atoms with Gasteiger partial charge >= 0.3 is 0 Å². The van der Waals surface area contributed by atoms with Crippen molar-refractivity contribution >= 4 is 17.7 Å². The van der Waals surface area contributed by atoms with Gasteiger partial charge in [0.2, 0.25) is 11.8 Å². The van der Waals surface area contributed by atoms with Crippen molar-refractivity contribution < 1.29 is 19.1 Å². The molecule has 0 radical (unpaired) electrons. The van der Waals surface area contributed by atoms with Crippen LogP contribution in [0.5, 0.6) is 0 Å². The van der Waals surface area contributed by atoms with Crippen LogP contribution in [0, 0.1) is 0 Å². The van der Waals surface area contributed by atoms with E-state index in [0.29, 0.717) is 31.8 Å². The molecule has 2 aliphatic heterocycles. The standard InChI is InChI=1S/C18H23N3O4/c1-25-10-8-19-17(23)14-6-4-13(5-7-14)11-20-12-16(22)21-9-2-3-15(21)18(20)24/h4-7,15H,2-3,8-12H2,1H3,(H,19,23). The number of hydrogen-bond acceptors (Lipinski definition) is 4. The number of carbonyl (C=O) groups is 3. The van der Waals surface area contributed by atoms with Crippen LogP contribution in [0.1, 0.15) is 28.8 Å². The van der Waals surface area contributed by atoms with Crippen LogP contribution < -0.4 is 5.32 Å². The Morgan fingerprint density at radius 2 is 2.04 bits per heavy atom. The molecule has 1 N–H and O–H groups in total. The summed E-state index contributed by atoms with van der Waals surface area (Å²) >= 11 is 0. The summed E-state index contributed by atoms with van der Waals surface area (Å²) in [5.41, 5.74) is 1.46. The molecule has 2 saturated heterocycles. The third-order valence-electron chi connectivity index (χ3n) is 4.68. The summed E-state index contributed by atoms with van der Waals surface area (Å²) in [7, 11) is 1.58. The van der Waals surface area contributed by atoms with Crippen molar-refractivity contribution in [3.05, 3.63) is 35.4 Å². The molecule has 2 aliphatic rings. The van der Waals surface area contributed by atoms with Gasteiger partial charge in [0, 0.05) is 32.3 Å². The summed E-state index contributed by atoms with van der Waals surface area (Å²) in [4.78, 5) is 40.0. The number of ether oxygens (including phenoxy) is 1. The predicted molar refractivity (Wildman–Crippen MR) is 90.8 cm³/mol. The summed E-state index contributed by atoms with van der Waals surface area (Å²) in [6, 6.07) is 6.83. The van der Waals surface area contributed by atoms with Gasteiger partial charge in [-0.2, -0.15) is 0 Å². The summed E-state index contributed by atoms with van der Waals surface area (Å²) in [5.74, 6) is -0.107. The van der Waals surface area contributed by atoms with Gasteiger partial charge in [-0.25, -0.2) is 0 Å². The predicted octanol–water partition coefficient (Wildman–Crippen LogP) is 0.396. The molecule has 3 rings (SSSR count). The summed E-state index contributed by atoms with van der Waals surface area (Å²) in [5, 5.41) is 2.76. The van der Waals surface area contributed by atoms with Crippen LogP contribution in [0.25, 0.3) is 0 Å². The summed E-state index contributed by atoms with van der Waals surface area (Å²) < 4.78 is 4.90. The first-order chi connectivity index (χ1) is 12.1. The number of amides is 3. The molecule has 0 aliphatic carbocycles. The Kier molecular flexibility index (Phi) is 5.33. The van der Waals surface area contributed by atoms with E-state index in [1.165, 1.54) is 0 Å². The van der Waals surface area contributed by atoms with Gasteiger partial charge in [0.1, 0.15) is 12.6 Å². The van der Waals surface area contributed by atoms with Crippen molar-refractivity contribution in [1.29, 1.82) is 0 Å². The SMILES string of the molecule is COCCNC(=O)c1ccc(CN2CC(=O)N3CCCC3C2=O)cc1. The number of carbonyl (C=O) groups excluding carboxylic acids is 3. The zero-order valence-corrected chi connectivity index (χ0v) is 14.4. The molecule has 0 spiro atoms. The number of piperazine rings is 1. The number of methoxy groups -OCH3 is 1. The summed E-state index contributed by atoms with van der Waals surface area (Å²) in [6.45, 7) is 2.14. The highest BCUT2D eigenvalue weighted by molar-refractivity contribution is 5.95. The minimum atomic E-state index is -0.285. The molecule has 134 valence electrons. The number of hydrogen-bond donors (Lipinski definition) is 1. The Morgan fingerprint density at radius 3 is 2.76 bits per heavy atom. The molecule has 2 fully saturated rings. The lowest BCUT2D eigenvalue weighted by Crippen LogP contribution is -2.56. The molecule has 0 aromatic heterocycles. The Labute approximate surface area is 146 Å². The van der Waals surface area contributed by atoms with Crippen LogP contribution in [-0.4, -0.2) is 66.9 Å². The third kappa shape index (κ3) is 3.82. The lowest BCUT2D eigenvalue weighted by atomic mass is 10.1. The van der Waals surface area contributed by atoms with E-state index >= 15 is 0 Å². The highest BCUT2D eigenvalue weighted by Gasteiger charge is 2.41. The van der Waals surface area contributed by atoms with Crippen LogP contribution >= 0.6 is 0 Å². The van der Waals surface area contributed by atoms with Gasteiger partial charge in [-0.05, 0) is 30.5 Å². The average Bonchev–Trinajstić information content (AvgIpc) is 3.11. The molecule has 3 amide bonds. The normalized spacial score (nSPS) is 20.0. The number of nitrogens with one attached hydrogen (secondary N) is 1. The molecule has 2 heterocycles. The maximum absolute atomic E-state index is 12.5. The minimum absolute atomic E-state index is 0.0243. The number of fused-ring (bicyclic) bond motifs is 1. The first kappa shape index (κ1) is 17.4. The number of nitrogens with zero attached hydrogens (tertiary/aromatic N) is 2. The molecule has 1 aromatic rings. The van der Waals surface area contributed by atoms with E-state index in [9.17, 15) is 14.4 Å². The van der Waals surface area contributed by atoms with Crippen LogP contribution in [0.4, 0.5) is 0 Å². The maximum Gasteiger partial charge on any atom is 0.251 e. The lowest BCUT2D eigenvalue weighted by molar-refractivity contribution is -0.154. The van der Waals surface area contributed by atoms with Crippen molar-refractivity contribution in [3.63, 3.8) is 0 Å². The van der Waals surface area contributed by atoms with Crippen LogP contribution in [-0.2, 0) is 20.9 Å². The quantitative estimate of drug-likeness (QED) is 0.757. The van der Waals surface area contributed by atoms with Crippen LogP contribution in [0.3, 0.4) is 0 Å². The molecule has 1 aromatic carbocycles. The fraction of sp³-hybridized carbons (Fsp3) is 0.500. The topological polar surface area (TPSA) is 79.0 Å². The van der Waals surface area contributed by atoms with Crippen LogP contribution in [0.15, 0.2) is 24.3 Å². The molecule has 0 bridgehead atoms. The molecular weight excluding hydrogens is 322 g/mol. The second kappa shape index (κ2) is 7.65. The summed E-state index contributed by atoms with van der Waals surface area (Å²) in [6.07, 6.45) is 1.64. The monoisotopic (exact) mass is 345 g/mol. The second-order valence-corrected chi connectivity index (χ2v) is 6.39. The van der Waals surface area contributed by atoms with Gasteiger partial charge in [-0.3, -0.25) is 14.4 Å². The van der Waals surface area contributed by atoms with Gasteiger partial charge in [0.05, 0.1) is 6.61 Å². The second-order valence-electron chi connectivity index (χ2n) is 6.39. The van der Waals surface area contributed by atoms with Gasteiger partial charge < -0.3 is 19.9 Å². The Balaban J connectivity index is 1.60. The highest BCUT2D eigenvalue weighted by atomic mass is 16.5. The van der Waals surface area contributed by atoms with E-state index in [1.807, 2.05) is 12.1 Å². The zero-order chi connectivity index (χ0) is 17.8. The third-order valence-corrected chi connectivity index (χ3v) is 4.68. The Bertz CT molecular complexity index is 659. The zero-order valence-electron chi connectivity index (χ0n) is 14.4.